The SMILES string of the molecule is CN(CC1CCC1)C(=O)c1ccc(Br)c(F)c1. The van der Waals surface area contributed by atoms with Crippen LogP contribution < -0.4 is 0 Å². The zero-order valence-corrected chi connectivity index (χ0v) is 11.3. The van der Waals surface area contributed by atoms with Crippen molar-refractivity contribution < 1.29 is 9.18 Å². The molecule has 1 fully saturated rings. The van der Waals surface area contributed by atoms with E-state index in [1.807, 2.05) is 0 Å². The Kier molecular flexibility index (Phi) is 3.82. The quantitative estimate of drug-likeness (QED) is 0.837. The van der Waals surface area contributed by atoms with Crippen molar-refractivity contribution in [2.45, 2.75) is 19.3 Å². The van der Waals surface area contributed by atoms with Crippen LogP contribution >= 0.6 is 15.9 Å². The molecule has 0 atom stereocenters. The lowest BCUT2D eigenvalue weighted by molar-refractivity contribution is 0.0744. The molecule has 1 aliphatic carbocycles. The normalized spacial score (nSPS) is 15.5. The highest BCUT2D eigenvalue weighted by atomic mass is 79.9. The van der Waals surface area contributed by atoms with E-state index in [1.54, 1.807) is 24.1 Å². The van der Waals surface area contributed by atoms with Gasteiger partial charge in [-0.05, 0) is 52.9 Å². The minimum Gasteiger partial charge on any atom is -0.341 e. The Morgan fingerprint density at radius 3 is 2.76 bits per heavy atom. The minimum atomic E-state index is -0.395. The van der Waals surface area contributed by atoms with Crippen LogP contribution in [0.4, 0.5) is 4.39 Å². The first-order chi connectivity index (χ1) is 8.08. The molecule has 0 N–H and O–H groups in total. The minimum absolute atomic E-state index is 0.108. The summed E-state index contributed by atoms with van der Waals surface area (Å²) in [5.74, 6) is 0.125. The van der Waals surface area contributed by atoms with Gasteiger partial charge in [0.15, 0.2) is 0 Å². The molecule has 17 heavy (non-hydrogen) atoms. The average molecular weight is 300 g/mol. The molecule has 0 aromatic heterocycles. The van der Waals surface area contributed by atoms with Crippen LogP contribution in [-0.4, -0.2) is 24.4 Å². The van der Waals surface area contributed by atoms with Gasteiger partial charge in [-0.15, -0.1) is 0 Å². The number of halogens is 2. The number of rotatable bonds is 3. The molecule has 1 saturated carbocycles. The molecule has 2 rings (SSSR count). The lowest BCUT2D eigenvalue weighted by Gasteiger charge is -2.30. The number of carbonyl (C=O) groups excluding carboxylic acids is 1. The van der Waals surface area contributed by atoms with Crippen LogP contribution in [0.15, 0.2) is 22.7 Å². The second kappa shape index (κ2) is 5.17. The van der Waals surface area contributed by atoms with Gasteiger partial charge >= 0.3 is 0 Å². The van der Waals surface area contributed by atoms with E-state index in [-0.39, 0.29) is 5.91 Å². The molecule has 1 amide bonds. The lowest BCUT2D eigenvalue weighted by atomic mass is 9.85. The Morgan fingerprint density at radius 2 is 2.24 bits per heavy atom. The zero-order chi connectivity index (χ0) is 12.4. The Hall–Kier alpha value is -0.900. The third-order valence-corrected chi connectivity index (χ3v) is 3.91. The molecular weight excluding hydrogens is 285 g/mol. The fraction of sp³-hybridized carbons (Fsp3) is 0.462. The highest BCUT2D eigenvalue weighted by molar-refractivity contribution is 9.10. The smallest absolute Gasteiger partial charge is 0.253 e. The summed E-state index contributed by atoms with van der Waals surface area (Å²) in [6, 6.07) is 4.50. The monoisotopic (exact) mass is 299 g/mol. The topological polar surface area (TPSA) is 20.3 Å². The summed E-state index contributed by atoms with van der Waals surface area (Å²) in [7, 11) is 1.78. The highest BCUT2D eigenvalue weighted by Gasteiger charge is 2.22. The predicted octanol–water partition coefficient (Wildman–Crippen LogP) is 3.46. The van der Waals surface area contributed by atoms with Gasteiger partial charge in [-0.3, -0.25) is 4.79 Å². The number of benzene rings is 1. The summed E-state index contributed by atoms with van der Waals surface area (Å²) in [6.45, 7) is 0.774. The maximum Gasteiger partial charge on any atom is 0.253 e. The summed E-state index contributed by atoms with van der Waals surface area (Å²) in [5, 5.41) is 0. The second-order valence-corrected chi connectivity index (χ2v) is 5.47. The maximum absolute atomic E-state index is 13.3. The molecule has 0 aliphatic heterocycles. The third kappa shape index (κ3) is 2.86. The molecular formula is C13H15BrFNO. The van der Waals surface area contributed by atoms with Crippen molar-refractivity contribution in [1.82, 2.24) is 4.90 Å². The molecule has 0 unspecified atom stereocenters. The molecule has 0 heterocycles. The first kappa shape index (κ1) is 12.6. The van der Waals surface area contributed by atoms with Gasteiger partial charge in [0.2, 0.25) is 0 Å². The van der Waals surface area contributed by atoms with Gasteiger partial charge < -0.3 is 4.90 Å². The molecule has 0 bridgehead atoms. The number of carbonyl (C=O) groups is 1. The number of hydrogen-bond acceptors (Lipinski definition) is 1. The van der Waals surface area contributed by atoms with Crippen molar-refractivity contribution >= 4 is 21.8 Å². The molecule has 2 nitrogen and oxygen atoms in total. The number of hydrogen-bond donors (Lipinski definition) is 0. The van der Waals surface area contributed by atoms with Crippen LogP contribution in [0.5, 0.6) is 0 Å². The molecule has 0 spiro atoms. The average Bonchev–Trinajstić information content (AvgIpc) is 2.26. The third-order valence-electron chi connectivity index (χ3n) is 3.27. The predicted molar refractivity (Wildman–Crippen MR) is 68.4 cm³/mol. The summed E-state index contributed by atoms with van der Waals surface area (Å²) in [6.07, 6.45) is 3.66. The molecule has 92 valence electrons. The van der Waals surface area contributed by atoms with Gasteiger partial charge in [0.25, 0.3) is 5.91 Å². The van der Waals surface area contributed by atoms with Crippen LogP contribution in [0.3, 0.4) is 0 Å². The van der Waals surface area contributed by atoms with E-state index in [2.05, 4.69) is 15.9 Å². The van der Waals surface area contributed by atoms with Gasteiger partial charge in [-0.1, -0.05) is 6.42 Å². The van der Waals surface area contributed by atoms with Crippen LogP contribution in [0, 0.1) is 11.7 Å². The fourth-order valence-corrected chi connectivity index (χ4v) is 2.24. The van der Waals surface area contributed by atoms with E-state index in [0.29, 0.717) is 16.0 Å². The van der Waals surface area contributed by atoms with Crippen molar-refractivity contribution in [2.24, 2.45) is 5.92 Å². The standard InChI is InChI=1S/C13H15BrFNO/c1-16(8-9-3-2-4-9)13(17)10-5-6-11(14)12(15)7-10/h5-7,9H,2-4,8H2,1H3. The Morgan fingerprint density at radius 1 is 1.53 bits per heavy atom. The largest absolute Gasteiger partial charge is 0.341 e. The first-order valence-corrected chi connectivity index (χ1v) is 6.57. The van der Waals surface area contributed by atoms with Crippen LogP contribution in [0.2, 0.25) is 0 Å². The van der Waals surface area contributed by atoms with E-state index in [0.717, 1.165) is 6.54 Å². The first-order valence-electron chi connectivity index (χ1n) is 5.78. The van der Waals surface area contributed by atoms with Gasteiger partial charge in [-0.25, -0.2) is 4.39 Å². The molecule has 0 saturated heterocycles. The van der Waals surface area contributed by atoms with Crippen LogP contribution in [0.1, 0.15) is 29.6 Å². The summed E-state index contributed by atoms with van der Waals surface area (Å²) >= 11 is 3.08. The van der Waals surface area contributed by atoms with Gasteiger partial charge in [0.05, 0.1) is 4.47 Å². The Bertz CT molecular complexity index is 431. The van der Waals surface area contributed by atoms with Gasteiger partial charge in [-0.2, -0.15) is 0 Å². The van der Waals surface area contributed by atoms with E-state index in [4.69, 9.17) is 0 Å². The van der Waals surface area contributed by atoms with Crippen molar-refractivity contribution in [3.63, 3.8) is 0 Å². The Labute approximate surface area is 109 Å². The van der Waals surface area contributed by atoms with Gasteiger partial charge in [0.1, 0.15) is 5.82 Å². The van der Waals surface area contributed by atoms with E-state index < -0.39 is 5.82 Å². The molecule has 4 heteroatoms. The summed E-state index contributed by atoms with van der Waals surface area (Å²) < 4.78 is 13.7. The van der Waals surface area contributed by atoms with Crippen molar-refractivity contribution in [3.8, 4) is 0 Å². The zero-order valence-electron chi connectivity index (χ0n) is 9.75. The van der Waals surface area contributed by atoms with E-state index >= 15 is 0 Å². The highest BCUT2D eigenvalue weighted by Crippen LogP contribution is 2.27. The molecule has 1 aromatic carbocycles. The van der Waals surface area contributed by atoms with E-state index in [1.165, 1.54) is 25.3 Å². The van der Waals surface area contributed by atoms with Crippen LogP contribution in [0.25, 0.3) is 0 Å². The van der Waals surface area contributed by atoms with Gasteiger partial charge in [0, 0.05) is 19.2 Å². The lowest BCUT2D eigenvalue weighted by Crippen LogP contribution is -2.34. The second-order valence-electron chi connectivity index (χ2n) is 4.61. The van der Waals surface area contributed by atoms with Crippen molar-refractivity contribution in [1.29, 1.82) is 0 Å². The van der Waals surface area contributed by atoms with Crippen molar-refractivity contribution in [3.05, 3.63) is 34.1 Å². The molecule has 0 radical (unpaired) electrons. The number of amides is 1. The molecule has 1 aliphatic rings. The summed E-state index contributed by atoms with van der Waals surface area (Å²) in [4.78, 5) is 13.7. The Balaban J connectivity index is 2.04. The number of nitrogens with zero attached hydrogens (tertiary/aromatic N) is 1. The van der Waals surface area contributed by atoms with Crippen LogP contribution in [-0.2, 0) is 0 Å². The summed E-state index contributed by atoms with van der Waals surface area (Å²) in [5.41, 5.74) is 0.410. The maximum atomic E-state index is 13.3. The fourth-order valence-electron chi connectivity index (χ4n) is 2.00. The van der Waals surface area contributed by atoms with Crippen molar-refractivity contribution in [2.75, 3.05) is 13.6 Å². The molecule has 1 aromatic rings. The van der Waals surface area contributed by atoms with E-state index in [9.17, 15) is 9.18 Å².